The van der Waals surface area contributed by atoms with Gasteiger partial charge >= 0.3 is 12.4 Å². The van der Waals surface area contributed by atoms with Crippen LogP contribution in [-0.2, 0) is 6.42 Å². The van der Waals surface area contributed by atoms with Gasteiger partial charge in [0.25, 0.3) is 0 Å². The van der Waals surface area contributed by atoms with Gasteiger partial charge in [0.15, 0.2) is 10.6 Å². The predicted molar refractivity (Wildman–Crippen MR) is 159 cm³/mol. The number of thiazole rings is 1. The number of para-hydroxylation sites is 1. The zero-order chi connectivity index (χ0) is 30.6. The maximum absolute atomic E-state index is 12.6. The normalized spacial score (nSPS) is 12.0. The molecule has 0 unspecified atom stereocenters. The van der Waals surface area contributed by atoms with Gasteiger partial charge in [0.05, 0.1) is 11.4 Å². The molecule has 8 nitrogen and oxygen atoms in total. The van der Waals surface area contributed by atoms with Crippen molar-refractivity contribution in [3.63, 3.8) is 0 Å². The number of aryl methyl sites for hydroxylation is 4. The molecule has 222 valence electrons. The minimum atomic E-state index is -4.74. The molecule has 0 bridgehead atoms. The molecule has 2 aromatic heterocycles. The highest BCUT2D eigenvalue weighted by molar-refractivity contribution is 7.07. The fourth-order valence-corrected chi connectivity index (χ4v) is 5.51. The minimum Gasteiger partial charge on any atom is -0.406 e. The summed E-state index contributed by atoms with van der Waals surface area (Å²) < 4.78 is 44.6. The van der Waals surface area contributed by atoms with Crippen molar-refractivity contribution in [2.75, 3.05) is 6.54 Å². The van der Waals surface area contributed by atoms with Gasteiger partial charge in [0.2, 0.25) is 0 Å². The first kappa shape index (κ1) is 29.8. The fourth-order valence-electron chi connectivity index (χ4n) is 4.66. The van der Waals surface area contributed by atoms with E-state index in [1.807, 2.05) is 47.2 Å². The SMILES string of the molecule is Cc1cccc(C)c1-n1c(C)cs/c1=N\C(=O)NCCCc1ccc(-c2ncn(-c3ccc(OC(F)(F)F)cc3)n2)cc1. The van der Waals surface area contributed by atoms with Gasteiger partial charge in [-0.1, -0.05) is 42.5 Å². The highest BCUT2D eigenvalue weighted by Gasteiger charge is 2.31. The van der Waals surface area contributed by atoms with Gasteiger partial charge in [-0.2, -0.15) is 4.99 Å². The molecule has 0 aliphatic rings. The molecule has 0 aliphatic heterocycles. The molecule has 0 spiro atoms. The summed E-state index contributed by atoms with van der Waals surface area (Å²) >= 11 is 1.44. The van der Waals surface area contributed by atoms with E-state index in [4.69, 9.17) is 0 Å². The van der Waals surface area contributed by atoms with Crippen LogP contribution >= 0.6 is 11.3 Å². The second-order valence-electron chi connectivity index (χ2n) is 9.93. The van der Waals surface area contributed by atoms with Crippen molar-refractivity contribution in [1.29, 1.82) is 0 Å². The smallest absolute Gasteiger partial charge is 0.406 e. The van der Waals surface area contributed by atoms with Crippen LogP contribution in [0.2, 0.25) is 0 Å². The number of nitrogens with zero attached hydrogens (tertiary/aromatic N) is 5. The molecular weight excluding hydrogens is 577 g/mol. The van der Waals surface area contributed by atoms with Crippen LogP contribution in [0, 0.1) is 20.8 Å². The summed E-state index contributed by atoms with van der Waals surface area (Å²) in [6, 6.07) is 18.9. The summed E-state index contributed by atoms with van der Waals surface area (Å²) in [5.74, 6) is 0.179. The van der Waals surface area contributed by atoms with Gasteiger partial charge in [-0.3, -0.25) is 4.57 Å². The lowest BCUT2D eigenvalue weighted by molar-refractivity contribution is -0.274. The highest BCUT2D eigenvalue weighted by Crippen LogP contribution is 2.24. The van der Waals surface area contributed by atoms with Crippen LogP contribution in [0.1, 0.15) is 28.8 Å². The average Bonchev–Trinajstić information content (AvgIpc) is 3.59. The Morgan fingerprint density at radius 3 is 2.37 bits per heavy atom. The van der Waals surface area contributed by atoms with E-state index >= 15 is 0 Å². The van der Waals surface area contributed by atoms with E-state index in [-0.39, 0.29) is 11.8 Å². The summed E-state index contributed by atoms with van der Waals surface area (Å²) in [6.45, 7) is 6.59. The van der Waals surface area contributed by atoms with Gasteiger partial charge in [-0.15, -0.1) is 29.6 Å². The number of nitrogens with one attached hydrogen (secondary N) is 1. The zero-order valence-corrected chi connectivity index (χ0v) is 24.5. The van der Waals surface area contributed by atoms with Crippen molar-refractivity contribution in [1.82, 2.24) is 24.6 Å². The predicted octanol–water partition coefficient (Wildman–Crippen LogP) is 6.85. The van der Waals surface area contributed by atoms with Crippen LogP contribution in [0.3, 0.4) is 0 Å². The Morgan fingerprint density at radius 1 is 1.00 bits per heavy atom. The molecule has 0 atom stereocenters. The number of urea groups is 1. The maximum Gasteiger partial charge on any atom is 0.573 e. The zero-order valence-electron chi connectivity index (χ0n) is 23.7. The second kappa shape index (κ2) is 12.7. The van der Waals surface area contributed by atoms with Crippen molar-refractivity contribution in [3.05, 3.63) is 106 Å². The lowest BCUT2D eigenvalue weighted by Crippen LogP contribution is -2.26. The molecule has 2 heterocycles. The molecule has 43 heavy (non-hydrogen) atoms. The first-order valence-corrected chi connectivity index (χ1v) is 14.4. The molecule has 5 rings (SSSR count). The molecule has 0 saturated heterocycles. The molecule has 0 fully saturated rings. The number of rotatable bonds is 8. The largest absolute Gasteiger partial charge is 0.573 e. The number of ether oxygens (including phenoxy) is 1. The fraction of sp³-hybridized carbons (Fsp3) is 0.226. The summed E-state index contributed by atoms with van der Waals surface area (Å²) in [7, 11) is 0. The molecule has 0 aliphatic carbocycles. The number of aromatic nitrogens is 4. The van der Waals surface area contributed by atoms with E-state index in [0.29, 0.717) is 22.9 Å². The highest BCUT2D eigenvalue weighted by atomic mass is 32.1. The number of halogens is 3. The van der Waals surface area contributed by atoms with Crippen LogP contribution in [0.15, 0.2) is 83.4 Å². The van der Waals surface area contributed by atoms with Crippen LogP contribution in [-0.4, -0.2) is 38.3 Å². The van der Waals surface area contributed by atoms with Crippen LogP contribution in [0.5, 0.6) is 5.75 Å². The third-order valence-corrected chi connectivity index (χ3v) is 7.64. The summed E-state index contributed by atoms with van der Waals surface area (Å²) in [4.78, 5) is 21.9. The van der Waals surface area contributed by atoms with E-state index in [1.165, 1.54) is 46.6 Å². The van der Waals surface area contributed by atoms with E-state index in [0.717, 1.165) is 46.5 Å². The molecule has 3 aromatic carbocycles. The summed E-state index contributed by atoms with van der Waals surface area (Å²) in [6.07, 6.45) is -1.75. The van der Waals surface area contributed by atoms with Gasteiger partial charge in [-0.05, 0) is 74.6 Å². The van der Waals surface area contributed by atoms with E-state index in [1.54, 1.807) is 0 Å². The number of carbonyl (C=O) groups excluding carboxylic acids is 1. The van der Waals surface area contributed by atoms with E-state index in [9.17, 15) is 18.0 Å². The van der Waals surface area contributed by atoms with E-state index < -0.39 is 6.36 Å². The van der Waals surface area contributed by atoms with Crippen molar-refractivity contribution in [3.8, 4) is 28.5 Å². The number of alkyl halides is 3. The standard InChI is InChI=1S/C31H29F3N6O2S/c1-20-6-4-7-21(2)27(20)40-22(3)18-43-30(40)37-29(41)35-17-5-8-23-9-11-24(12-10-23)28-36-19-39(38-28)25-13-15-26(16-14-25)42-31(32,33)34/h4,6-7,9-16,18-19H,5,8,17H2,1-3H3,(H,35,41)/b37-30-. The number of benzene rings is 3. The van der Waals surface area contributed by atoms with Crippen LogP contribution < -0.4 is 14.9 Å². The topological polar surface area (TPSA) is 86.3 Å². The van der Waals surface area contributed by atoms with Gasteiger partial charge in [0.1, 0.15) is 12.1 Å². The maximum atomic E-state index is 12.6. The lowest BCUT2D eigenvalue weighted by atomic mass is 10.1. The molecular formula is C31H29F3N6O2S. The number of hydrogen-bond acceptors (Lipinski definition) is 5. The number of amides is 2. The quantitative estimate of drug-likeness (QED) is 0.196. The molecule has 2 amide bonds. The first-order chi connectivity index (χ1) is 20.6. The van der Waals surface area contributed by atoms with Crippen LogP contribution in [0.4, 0.5) is 18.0 Å². The lowest BCUT2D eigenvalue weighted by Gasteiger charge is -2.12. The molecule has 0 saturated carbocycles. The van der Waals surface area contributed by atoms with Crippen molar-refractivity contribution in [2.24, 2.45) is 4.99 Å². The Balaban J connectivity index is 1.15. The molecule has 1 N–H and O–H groups in total. The number of hydrogen-bond donors (Lipinski definition) is 1. The Labute approximate surface area is 250 Å². The minimum absolute atomic E-state index is 0.305. The van der Waals surface area contributed by atoms with Gasteiger partial charge in [0, 0.05) is 23.2 Å². The van der Waals surface area contributed by atoms with Crippen molar-refractivity contribution < 1.29 is 22.7 Å². The monoisotopic (exact) mass is 606 g/mol. The summed E-state index contributed by atoms with van der Waals surface area (Å²) in [5.41, 5.74) is 6.75. The van der Waals surface area contributed by atoms with Crippen LogP contribution in [0.25, 0.3) is 22.8 Å². The Hall–Kier alpha value is -4.71. The average molecular weight is 607 g/mol. The Morgan fingerprint density at radius 2 is 1.70 bits per heavy atom. The van der Waals surface area contributed by atoms with Gasteiger partial charge < -0.3 is 10.1 Å². The molecule has 0 radical (unpaired) electrons. The summed E-state index contributed by atoms with van der Waals surface area (Å²) in [5, 5.41) is 9.32. The third kappa shape index (κ3) is 7.39. The van der Waals surface area contributed by atoms with Gasteiger partial charge in [-0.25, -0.2) is 14.5 Å². The van der Waals surface area contributed by atoms with E-state index in [2.05, 4.69) is 51.1 Å². The third-order valence-electron chi connectivity index (χ3n) is 6.70. The van der Waals surface area contributed by atoms with Crippen molar-refractivity contribution in [2.45, 2.75) is 40.0 Å². The first-order valence-electron chi connectivity index (χ1n) is 13.5. The van der Waals surface area contributed by atoms with Crippen molar-refractivity contribution >= 4 is 17.4 Å². The number of carbonyl (C=O) groups is 1. The Kier molecular flexibility index (Phi) is 8.76. The second-order valence-corrected chi connectivity index (χ2v) is 10.8. The molecule has 12 heteroatoms. The Bertz CT molecular complexity index is 1770. The molecule has 5 aromatic rings.